The molecule has 4 N–H and O–H groups in total. The summed E-state index contributed by atoms with van der Waals surface area (Å²) in [5, 5.41) is 0. The molecular formula is C24H21N3O. The molecule has 0 aromatic heterocycles. The van der Waals surface area contributed by atoms with Crippen LogP contribution in [0.5, 0.6) is 11.5 Å². The summed E-state index contributed by atoms with van der Waals surface area (Å²) >= 11 is 0. The number of ether oxygens (including phenoxy) is 1. The lowest BCUT2D eigenvalue weighted by molar-refractivity contribution is 0.483. The van der Waals surface area contributed by atoms with Crippen molar-refractivity contribution in [1.82, 2.24) is 0 Å². The lowest BCUT2D eigenvalue weighted by Gasteiger charge is -2.25. The Balaban J connectivity index is 1.65. The third-order valence-corrected chi connectivity index (χ3v) is 4.38. The summed E-state index contributed by atoms with van der Waals surface area (Å²) in [7, 11) is 0. The van der Waals surface area contributed by atoms with E-state index < -0.39 is 0 Å². The molecule has 4 aromatic rings. The summed E-state index contributed by atoms with van der Waals surface area (Å²) in [6, 6.07) is 33.4. The van der Waals surface area contributed by atoms with Gasteiger partial charge in [0.05, 0.1) is 0 Å². The van der Waals surface area contributed by atoms with Crippen LogP contribution in [0, 0.1) is 0 Å². The van der Waals surface area contributed by atoms with Gasteiger partial charge in [-0.15, -0.1) is 0 Å². The third kappa shape index (κ3) is 3.91. The van der Waals surface area contributed by atoms with E-state index in [1.165, 1.54) is 0 Å². The monoisotopic (exact) mass is 367 g/mol. The fourth-order valence-corrected chi connectivity index (χ4v) is 2.98. The van der Waals surface area contributed by atoms with Gasteiger partial charge >= 0.3 is 0 Å². The van der Waals surface area contributed by atoms with Crippen LogP contribution in [0.15, 0.2) is 103 Å². The molecule has 0 radical (unpaired) electrons. The van der Waals surface area contributed by atoms with Gasteiger partial charge in [0, 0.05) is 28.4 Å². The Bertz CT molecular complexity index is 1030. The molecule has 0 saturated heterocycles. The van der Waals surface area contributed by atoms with E-state index in [0.29, 0.717) is 5.69 Å². The molecule has 4 heteroatoms. The van der Waals surface area contributed by atoms with Crippen molar-refractivity contribution in [3.8, 4) is 11.5 Å². The maximum atomic E-state index is 5.90. The summed E-state index contributed by atoms with van der Waals surface area (Å²) in [6.07, 6.45) is 0. The van der Waals surface area contributed by atoms with Gasteiger partial charge in [-0.1, -0.05) is 18.2 Å². The first-order chi connectivity index (χ1) is 13.7. The standard InChI is InChI=1S/C24H21N3O/c25-18-6-10-21(11-7-18)27(20-4-2-1-3-5-20)22-12-16-24(17-13-22)28-23-14-8-19(26)9-15-23/h1-17H,25-26H2. The molecule has 0 aliphatic heterocycles. The number of benzene rings is 4. The van der Waals surface area contributed by atoms with E-state index in [1.54, 1.807) is 0 Å². The molecule has 4 rings (SSSR count). The summed E-state index contributed by atoms with van der Waals surface area (Å²) in [4.78, 5) is 2.17. The van der Waals surface area contributed by atoms with Crippen LogP contribution in [-0.2, 0) is 0 Å². The SMILES string of the molecule is Nc1ccc(Oc2ccc(N(c3ccccc3)c3ccc(N)cc3)cc2)cc1. The molecular weight excluding hydrogens is 346 g/mol. The van der Waals surface area contributed by atoms with Gasteiger partial charge in [-0.25, -0.2) is 0 Å². The number of rotatable bonds is 5. The number of anilines is 5. The fraction of sp³-hybridized carbons (Fsp3) is 0. The molecule has 0 unspecified atom stereocenters. The molecule has 4 aromatic carbocycles. The predicted molar refractivity (Wildman–Crippen MR) is 116 cm³/mol. The highest BCUT2D eigenvalue weighted by Crippen LogP contribution is 2.35. The van der Waals surface area contributed by atoms with Crippen molar-refractivity contribution in [1.29, 1.82) is 0 Å². The van der Waals surface area contributed by atoms with E-state index in [2.05, 4.69) is 17.0 Å². The van der Waals surface area contributed by atoms with E-state index >= 15 is 0 Å². The maximum absolute atomic E-state index is 5.90. The van der Waals surface area contributed by atoms with Crippen LogP contribution in [0.25, 0.3) is 0 Å². The average molecular weight is 367 g/mol. The Morgan fingerprint density at radius 1 is 0.464 bits per heavy atom. The quantitative estimate of drug-likeness (QED) is 0.418. The van der Waals surface area contributed by atoms with Crippen molar-refractivity contribution < 1.29 is 4.74 Å². The predicted octanol–water partition coefficient (Wildman–Crippen LogP) is 6.11. The van der Waals surface area contributed by atoms with Crippen LogP contribution >= 0.6 is 0 Å². The highest BCUT2D eigenvalue weighted by atomic mass is 16.5. The third-order valence-electron chi connectivity index (χ3n) is 4.38. The molecule has 4 nitrogen and oxygen atoms in total. The molecule has 0 heterocycles. The number of nitrogen functional groups attached to an aromatic ring is 2. The molecule has 28 heavy (non-hydrogen) atoms. The van der Waals surface area contributed by atoms with E-state index in [0.717, 1.165) is 34.2 Å². The molecule has 0 bridgehead atoms. The summed E-state index contributed by atoms with van der Waals surface area (Å²) in [6.45, 7) is 0. The van der Waals surface area contributed by atoms with Gasteiger partial charge in [0.2, 0.25) is 0 Å². The Hall–Kier alpha value is -3.92. The number of para-hydroxylation sites is 1. The molecule has 138 valence electrons. The minimum absolute atomic E-state index is 0.713. The lowest BCUT2D eigenvalue weighted by Crippen LogP contribution is -2.09. The number of nitrogens with two attached hydrogens (primary N) is 2. The molecule has 0 fully saturated rings. The minimum atomic E-state index is 0.713. The van der Waals surface area contributed by atoms with Gasteiger partial charge in [0.15, 0.2) is 0 Å². The van der Waals surface area contributed by atoms with Crippen molar-refractivity contribution in [3.05, 3.63) is 103 Å². The van der Waals surface area contributed by atoms with Crippen LogP contribution in [0.4, 0.5) is 28.4 Å². The fourth-order valence-electron chi connectivity index (χ4n) is 2.98. The van der Waals surface area contributed by atoms with Crippen molar-refractivity contribution in [2.45, 2.75) is 0 Å². The van der Waals surface area contributed by atoms with Crippen LogP contribution in [0.2, 0.25) is 0 Å². The first-order valence-corrected chi connectivity index (χ1v) is 9.03. The zero-order chi connectivity index (χ0) is 19.3. The average Bonchev–Trinajstić information content (AvgIpc) is 2.73. The van der Waals surface area contributed by atoms with E-state index in [1.807, 2.05) is 91.0 Å². The highest BCUT2D eigenvalue weighted by Gasteiger charge is 2.12. The summed E-state index contributed by atoms with van der Waals surface area (Å²) in [5.74, 6) is 1.51. The molecule has 0 atom stereocenters. The van der Waals surface area contributed by atoms with Crippen molar-refractivity contribution in [2.75, 3.05) is 16.4 Å². The second-order valence-corrected chi connectivity index (χ2v) is 6.43. The Morgan fingerprint density at radius 2 is 0.857 bits per heavy atom. The van der Waals surface area contributed by atoms with Crippen LogP contribution in [-0.4, -0.2) is 0 Å². The largest absolute Gasteiger partial charge is 0.457 e. The zero-order valence-corrected chi connectivity index (χ0v) is 15.3. The molecule has 0 amide bonds. The Kier molecular flexibility index (Phi) is 4.85. The normalized spacial score (nSPS) is 10.4. The van der Waals surface area contributed by atoms with E-state index in [-0.39, 0.29) is 0 Å². The maximum Gasteiger partial charge on any atom is 0.127 e. The number of hydrogen-bond donors (Lipinski definition) is 2. The first kappa shape index (κ1) is 17.5. The molecule has 0 spiro atoms. The van der Waals surface area contributed by atoms with Gasteiger partial charge < -0.3 is 21.1 Å². The van der Waals surface area contributed by atoms with Gasteiger partial charge in [-0.2, -0.15) is 0 Å². The first-order valence-electron chi connectivity index (χ1n) is 9.03. The van der Waals surface area contributed by atoms with Crippen molar-refractivity contribution >= 4 is 28.4 Å². The minimum Gasteiger partial charge on any atom is -0.457 e. The summed E-state index contributed by atoms with van der Waals surface area (Å²) < 4.78 is 5.90. The Labute approximate surface area is 164 Å². The highest BCUT2D eigenvalue weighted by molar-refractivity contribution is 5.77. The lowest BCUT2D eigenvalue weighted by atomic mass is 10.2. The van der Waals surface area contributed by atoms with Gasteiger partial charge in [0.1, 0.15) is 11.5 Å². The zero-order valence-electron chi connectivity index (χ0n) is 15.3. The Morgan fingerprint density at radius 3 is 1.39 bits per heavy atom. The summed E-state index contributed by atoms with van der Waals surface area (Å²) in [5.41, 5.74) is 16.2. The molecule has 0 saturated carbocycles. The van der Waals surface area contributed by atoms with E-state index in [9.17, 15) is 0 Å². The second-order valence-electron chi connectivity index (χ2n) is 6.43. The smallest absolute Gasteiger partial charge is 0.127 e. The van der Waals surface area contributed by atoms with Crippen LogP contribution in [0.1, 0.15) is 0 Å². The van der Waals surface area contributed by atoms with Gasteiger partial charge in [-0.05, 0) is 84.9 Å². The second kappa shape index (κ2) is 7.76. The van der Waals surface area contributed by atoms with Crippen molar-refractivity contribution in [3.63, 3.8) is 0 Å². The van der Waals surface area contributed by atoms with E-state index in [4.69, 9.17) is 16.2 Å². The number of nitrogens with zero attached hydrogens (tertiary/aromatic N) is 1. The molecule has 0 aliphatic rings. The molecule has 0 aliphatic carbocycles. The number of hydrogen-bond acceptors (Lipinski definition) is 4. The van der Waals surface area contributed by atoms with Crippen LogP contribution < -0.4 is 21.1 Å². The van der Waals surface area contributed by atoms with Gasteiger partial charge in [0.25, 0.3) is 0 Å². The topological polar surface area (TPSA) is 64.5 Å². The van der Waals surface area contributed by atoms with Gasteiger partial charge in [-0.3, -0.25) is 0 Å². The van der Waals surface area contributed by atoms with Crippen LogP contribution in [0.3, 0.4) is 0 Å². The van der Waals surface area contributed by atoms with Crippen molar-refractivity contribution in [2.24, 2.45) is 0 Å².